The molecule has 114 valence electrons. The van der Waals surface area contributed by atoms with Gasteiger partial charge in [0.05, 0.1) is 14.9 Å². The predicted molar refractivity (Wildman–Crippen MR) is 89.7 cm³/mol. The Balaban J connectivity index is 2.60. The highest BCUT2D eigenvalue weighted by Crippen LogP contribution is 2.34. The van der Waals surface area contributed by atoms with Gasteiger partial charge in [0.15, 0.2) is 0 Å². The summed E-state index contributed by atoms with van der Waals surface area (Å²) in [6.07, 6.45) is 1.64. The molecule has 0 amide bonds. The van der Waals surface area contributed by atoms with Gasteiger partial charge in [-0.1, -0.05) is 0 Å². The number of nitrogen functional groups attached to an aromatic ring is 1. The van der Waals surface area contributed by atoms with Crippen molar-refractivity contribution in [3.05, 3.63) is 28.2 Å². The SMILES string of the molecule is CC(C)(C)NS(=O)(=O)c1cc(N)ccc1-c1ncc(Br)s1. The maximum absolute atomic E-state index is 12.6. The van der Waals surface area contributed by atoms with Crippen LogP contribution >= 0.6 is 27.3 Å². The van der Waals surface area contributed by atoms with E-state index in [9.17, 15) is 8.42 Å². The lowest BCUT2D eigenvalue weighted by atomic mass is 10.1. The van der Waals surface area contributed by atoms with Crippen LogP contribution in [0.5, 0.6) is 0 Å². The molecule has 8 heteroatoms. The first-order chi connectivity index (χ1) is 9.58. The van der Waals surface area contributed by atoms with Gasteiger partial charge in [-0.05, 0) is 54.9 Å². The second kappa shape index (κ2) is 5.68. The molecule has 0 radical (unpaired) electrons. The molecule has 5 nitrogen and oxygen atoms in total. The zero-order valence-corrected chi connectivity index (χ0v) is 15.1. The second-order valence-electron chi connectivity index (χ2n) is 5.58. The van der Waals surface area contributed by atoms with Crippen LogP contribution < -0.4 is 10.5 Å². The molecule has 21 heavy (non-hydrogen) atoms. The van der Waals surface area contributed by atoms with E-state index in [1.807, 2.05) is 0 Å². The molecule has 0 aliphatic rings. The van der Waals surface area contributed by atoms with Crippen molar-refractivity contribution in [2.24, 2.45) is 0 Å². The zero-order valence-electron chi connectivity index (χ0n) is 11.8. The van der Waals surface area contributed by atoms with Crippen LogP contribution in [0.1, 0.15) is 20.8 Å². The molecular formula is C13H16BrN3O2S2. The van der Waals surface area contributed by atoms with Gasteiger partial charge in [0.1, 0.15) is 5.01 Å². The summed E-state index contributed by atoms with van der Waals surface area (Å²) in [5.74, 6) is 0. The van der Waals surface area contributed by atoms with E-state index in [2.05, 4.69) is 25.6 Å². The number of hydrogen-bond donors (Lipinski definition) is 2. The topological polar surface area (TPSA) is 85.1 Å². The molecular weight excluding hydrogens is 374 g/mol. The molecule has 1 aromatic heterocycles. The molecule has 3 N–H and O–H groups in total. The lowest BCUT2D eigenvalue weighted by molar-refractivity contribution is 0.491. The lowest BCUT2D eigenvalue weighted by Crippen LogP contribution is -2.40. The summed E-state index contributed by atoms with van der Waals surface area (Å²) < 4.78 is 28.7. The molecule has 0 fully saturated rings. The smallest absolute Gasteiger partial charge is 0.241 e. The van der Waals surface area contributed by atoms with E-state index in [1.54, 1.807) is 39.1 Å². The second-order valence-corrected chi connectivity index (χ2v) is 9.64. The molecule has 0 atom stereocenters. The summed E-state index contributed by atoms with van der Waals surface area (Å²) in [6, 6.07) is 4.80. The Morgan fingerprint density at radius 3 is 2.52 bits per heavy atom. The van der Waals surface area contributed by atoms with Gasteiger partial charge in [-0.25, -0.2) is 18.1 Å². The van der Waals surface area contributed by atoms with Gasteiger partial charge < -0.3 is 5.73 Å². The number of nitrogens with two attached hydrogens (primary N) is 1. The monoisotopic (exact) mass is 389 g/mol. The van der Waals surface area contributed by atoms with E-state index >= 15 is 0 Å². The number of halogens is 1. The van der Waals surface area contributed by atoms with Gasteiger partial charge in [-0.15, -0.1) is 11.3 Å². The van der Waals surface area contributed by atoms with Gasteiger partial charge in [-0.2, -0.15) is 0 Å². The Kier molecular flexibility index (Phi) is 4.44. The van der Waals surface area contributed by atoms with E-state index in [0.29, 0.717) is 16.3 Å². The van der Waals surface area contributed by atoms with Crippen molar-refractivity contribution >= 4 is 43.0 Å². The summed E-state index contributed by atoms with van der Waals surface area (Å²) in [7, 11) is -3.69. The average Bonchev–Trinajstić information content (AvgIpc) is 2.72. The number of anilines is 1. The first-order valence-electron chi connectivity index (χ1n) is 6.14. The first-order valence-corrected chi connectivity index (χ1v) is 9.23. The van der Waals surface area contributed by atoms with Crippen molar-refractivity contribution in [2.75, 3.05) is 5.73 Å². The van der Waals surface area contributed by atoms with Crippen molar-refractivity contribution in [2.45, 2.75) is 31.2 Å². The molecule has 0 saturated heterocycles. The van der Waals surface area contributed by atoms with Gasteiger partial charge in [-0.3, -0.25) is 0 Å². The van der Waals surface area contributed by atoms with Crippen molar-refractivity contribution in [3.63, 3.8) is 0 Å². The molecule has 0 spiro atoms. The number of nitrogens with zero attached hydrogens (tertiary/aromatic N) is 1. The first kappa shape index (κ1) is 16.4. The molecule has 1 heterocycles. The van der Waals surface area contributed by atoms with Crippen LogP contribution in [-0.4, -0.2) is 18.9 Å². The van der Waals surface area contributed by atoms with Crippen molar-refractivity contribution in [1.82, 2.24) is 9.71 Å². The Morgan fingerprint density at radius 1 is 1.33 bits per heavy atom. The molecule has 0 aliphatic carbocycles. The third-order valence-corrected chi connectivity index (χ3v) is 5.75. The van der Waals surface area contributed by atoms with Gasteiger partial charge >= 0.3 is 0 Å². The number of sulfonamides is 1. The van der Waals surface area contributed by atoms with E-state index in [4.69, 9.17) is 5.73 Å². The number of nitrogens with one attached hydrogen (secondary N) is 1. The van der Waals surface area contributed by atoms with Crippen LogP contribution in [0.15, 0.2) is 33.1 Å². The minimum Gasteiger partial charge on any atom is -0.399 e. The van der Waals surface area contributed by atoms with Crippen LogP contribution in [0.25, 0.3) is 10.6 Å². The molecule has 2 aromatic rings. The van der Waals surface area contributed by atoms with Crippen LogP contribution in [0.4, 0.5) is 5.69 Å². The van der Waals surface area contributed by atoms with Gasteiger partial charge in [0, 0.05) is 16.8 Å². The zero-order chi connectivity index (χ0) is 15.8. The Hall–Kier alpha value is -0.960. The molecule has 1 aromatic carbocycles. The van der Waals surface area contributed by atoms with Crippen molar-refractivity contribution in [1.29, 1.82) is 0 Å². The summed E-state index contributed by atoms with van der Waals surface area (Å²) >= 11 is 4.70. The fourth-order valence-corrected chi connectivity index (χ4v) is 4.75. The fourth-order valence-electron chi connectivity index (χ4n) is 1.77. The number of thiazole rings is 1. The Morgan fingerprint density at radius 2 is 2.00 bits per heavy atom. The number of hydrogen-bond acceptors (Lipinski definition) is 5. The maximum Gasteiger partial charge on any atom is 0.241 e. The Labute approximate surface area is 136 Å². The van der Waals surface area contributed by atoms with Crippen LogP contribution in [-0.2, 0) is 10.0 Å². The van der Waals surface area contributed by atoms with Crippen LogP contribution in [0.2, 0.25) is 0 Å². The molecule has 0 unspecified atom stereocenters. The van der Waals surface area contributed by atoms with E-state index in [0.717, 1.165) is 3.79 Å². The average molecular weight is 390 g/mol. The molecule has 0 aliphatic heterocycles. The maximum atomic E-state index is 12.6. The Bertz CT molecular complexity index is 764. The standard InChI is InChI=1S/C13H16BrN3O2S2/c1-13(2,3)17-21(18,19)10-6-8(15)4-5-9(10)12-16-7-11(14)20-12/h4-7,17H,15H2,1-3H3. The number of aromatic nitrogens is 1. The summed E-state index contributed by atoms with van der Waals surface area (Å²) in [6.45, 7) is 5.36. The quantitative estimate of drug-likeness (QED) is 0.788. The van der Waals surface area contributed by atoms with Crippen molar-refractivity contribution < 1.29 is 8.42 Å². The predicted octanol–water partition coefficient (Wildman–Crippen LogP) is 3.23. The normalized spacial score (nSPS) is 12.6. The van der Waals surface area contributed by atoms with E-state index in [1.165, 1.54) is 17.4 Å². The van der Waals surface area contributed by atoms with Crippen LogP contribution in [0.3, 0.4) is 0 Å². The summed E-state index contributed by atoms with van der Waals surface area (Å²) in [4.78, 5) is 4.36. The largest absolute Gasteiger partial charge is 0.399 e. The van der Waals surface area contributed by atoms with E-state index in [-0.39, 0.29) is 4.90 Å². The molecule has 0 saturated carbocycles. The van der Waals surface area contributed by atoms with Crippen molar-refractivity contribution in [3.8, 4) is 10.6 Å². The summed E-state index contributed by atoms with van der Waals surface area (Å²) in [5, 5.41) is 0.621. The van der Waals surface area contributed by atoms with Gasteiger partial charge in [0.2, 0.25) is 10.0 Å². The number of benzene rings is 1. The minimum atomic E-state index is -3.69. The third-order valence-electron chi connectivity index (χ3n) is 2.44. The fraction of sp³-hybridized carbons (Fsp3) is 0.308. The van der Waals surface area contributed by atoms with E-state index < -0.39 is 15.6 Å². The molecule has 2 rings (SSSR count). The highest BCUT2D eigenvalue weighted by Gasteiger charge is 2.26. The highest BCUT2D eigenvalue weighted by atomic mass is 79.9. The molecule has 0 bridgehead atoms. The lowest BCUT2D eigenvalue weighted by Gasteiger charge is -2.21. The third kappa shape index (κ3) is 4.03. The van der Waals surface area contributed by atoms with Gasteiger partial charge in [0.25, 0.3) is 0 Å². The highest BCUT2D eigenvalue weighted by molar-refractivity contribution is 9.11. The minimum absolute atomic E-state index is 0.138. The summed E-state index contributed by atoms with van der Waals surface area (Å²) in [5.41, 5.74) is 6.10. The number of rotatable bonds is 3. The van der Waals surface area contributed by atoms with Crippen LogP contribution in [0, 0.1) is 0 Å².